The first-order valence-electron chi connectivity index (χ1n) is 8.26. The van der Waals surface area contributed by atoms with Gasteiger partial charge in [0.2, 0.25) is 5.91 Å². The number of amides is 3. The molecule has 1 saturated heterocycles. The highest BCUT2D eigenvalue weighted by molar-refractivity contribution is 5.84. The van der Waals surface area contributed by atoms with E-state index in [0.717, 1.165) is 12.0 Å². The van der Waals surface area contributed by atoms with Crippen molar-refractivity contribution < 1.29 is 14.0 Å². The van der Waals surface area contributed by atoms with E-state index in [1.807, 2.05) is 30.3 Å². The van der Waals surface area contributed by atoms with Gasteiger partial charge in [0.25, 0.3) is 0 Å². The van der Waals surface area contributed by atoms with E-state index >= 15 is 0 Å². The second kappa shape index (κ2) is 7.79. The minimum absolute atomic E-state index is 0.0233. The van der Waals surface area contributed by atoms with Crippen molar-refractivity contribution in [1.82, 2.24) is 15.5 Å². The van der Waals surface area contributed by atoms with Crippen molar-refractivity contribution in [2.75, 3.05) is 19.6 Å². The van der Waals surface area contributed by atoms with Crippen LogP contribution in [-0.4, -0.2) is 36.5 Å². The molecule has 1 atom stereocenters. The van der Waals surface area contributed by atoms with Crippen LogP contribution >= 0.6 is 0 Å². The van der Waals surface area contributed by atoms with Gasteiger partial charge in [0.15, 0.2) is 0 Å². The smallest absolute Gasteiger partial charge is 0.317 e. The van der Waals surface area contributed by atoms with Gasteiger partial charge in [0, 0.05) is 13.1 Å². The molecule has 6 heteroatoms. The van der Waals surface area contributed by atoms with Crippen LogP contribution in [0.2, 0.25) is 0 Å². The molecule has 2 N–H and O–H groups in total. The molecule has 2 aromatic rings. The normalized spacial score (nSPS) is 15.4. The molecule has 0 aliphatic carbocycles. The van der Waals surface area contributed by atoms with Crippen molar-refractivity contribution in [3.8, 4) is 0 Å². The van der Waals surface area contributed by atoms with E-state index in [9.17, 15) is 14.0 Å². The Hall–Kier alpha value is -2.89. The highest BCUT2D eigenvalue weighted by Gasteiger charge is 2.23. The molecule has 0 spiro atoms. The molecule has 25 heavy (non-hydrogen) atoms. The van der Waals surface area contributed by atoms with Crippen LogP contribution in [0.3, 0.4) is 0 Å². The van der Waals surface area contributed by atoms with E-state index in [4.69, 9.17) is 0 Å². The monoisotopic (exact) mass is 341 g/mol. The molecule has 0 aromatic heterocycles. The number of carbonyl (C=O) groups excluding carboxylic acids is 2. The summed E-state index contributed by atoms with van der Waals surface area (Å²) in [4.78, 5) is 25.7. The van der Waals surface area contributed by atoms with E-state index in [1.54, 1.807) is 12.1 Å². The topological polar surface area (TPSA) is 61.4 Å². The molecule has 3 rings (SSSR count). The van der Waals surface area contributed by atoms with E-state index in [-0.39, 0.29) is 24.3 Å². The van der Waals surface area contributed by atoms with Crippen LogP contribution in [0.4, 0.5) is 9.18 Å². The molecule has 0 saturated carbocycles. The molecule has 1 heterocycles. The lowest BCUT2D eigenvalue weighted by atomic mass is 9.98. The predicted molar refractivity (Wildman–Crippen MR) is 92.4 cm³/mol. The van der Waals surface area contributed by atoms with Gasteiger partial charge in [-0.3, -0.25) is 4.79 Å². The predicted octanol–water partition coefficient (Wildman–Crippen LogP) is 2.45. The molecule has 0 radical (unpaired) electrons. The number of benzene rings is 2. The Kier molecular flexibility index (Phi) is 5.28. The summed E-state index contributed by atoms with van der Waals surface area (Å²) >= 11 is 0. The lowest BCUT2D eigenvalue weighted by Gasteiger charge is -2.28. The summed E-state index contributed by atoms with van der Waals surface area (Å²) in [6.45, 7) is 1.16. The van der Waals surface area contributed by atoms with Gasteiger partial charge in [0.1, 0.15) is 12.4 Å². The van der Waals surface area contributed by atoms with Crippen molar-refractivity contribution in [1.29, 1.82) is 0 Å². The number of halogens is 1. The fourth-order valence-electron chi connectivity index (χ4n) is 2.90. The van der Waals surface area contributed by atoms with E-state index in [2.05, 4.69) is 10.6 Å². The van der Waals surface area contributed by atoms with Gasteiger partial charge in [-0.05, 0) is 29.7 Å². The molecule has 5 nitrogen and oxygen atoms in total. The number of hydrogen-bond donors (Lipinski definition) is 2. The van der Waals surface area contributed by atoms with Crippen LogP contribution < -0.4 is 10.6 Å². The average molecular weight is 341 g/mol. The lowest BCUT2D eigenvalue weighted by Crippen LogP contribution is -2.50. The fourth-order valence-corrected chi connectivity index (χ4v) is 2.90. The quantitative estimate of drug-likeness (QED) is 0.877. The molecule has 0 bridgehead atoms. The molecule has 3 amide bonds. The zero-order valence-corrected chi connectivity index (χ0v) is 13.7. The molecule has 130 valence electrons. The molecule has 2 aromatic carbocycles. The number of carbonyl (C=O) groups is 2. The second-order valence-corrected chi connectivity index (χ2v) is 5.97. The molecular formula is C19H20FN3O2. The minimum atomic E-state index is -0.475. The first kappa shape index (κ1) is 17.0. The number of urea groups is 1. The standard InChI is InChI=1S/C19H20FN3O2/c20-16-9-4-8-15(12-16)18(14-6-2-1-3-7-14)22-17(24)13-23-11-5-10-21-19(23)25/h1-4,6-9,12,18H,5,10-11,13H2,(H,21,25)(H,22,24)/t18-/m0/s1. The van der Waals surface area contributed by atoms with E-state index < -0.39 is 6.04 Å². The van der Waals surface area contributed by atoms with Gasteiger partial charge < -0.3 is 15.5 Å². The van der Waals surface area contributed by atoms with Gasteiger partial charge in [-0.15, -0.1) is 0 Å². The van der Waals surface area contributed by atoms with Gasteiger partial charge in [-0.1, -0.05) is 42.5 Å². The van der Waals surface area contributed by atoms with Gasteiger partial charge >= 0.3 is 6.03 Å². The number of nitrogens with zero attached hydrogens (tertiary/aromatic N) is 1. The van der Waals surface area contributed by atoms with Crippen LogP contribution in [-0.2, 0) is 4.79 Å². The summed E-state index contributed by atoms with van der Waals surface area (Å²) in [6, 6.07) is 14.8. The number of rotatable bonds is 5. The van der Waals surface area contributed by atoms with Crippen molar-refractivity contribution in [2.24, 2.45) is 0 Å². The van der Waals surface area contributed by atoms with Crippen LogP contribution in [0, 0.1) is 5.82 Å². The van der Waals surface area contributed by atoms with Crippen LogP contribution in [0.15, 0.2) is 54.6 Å². The summed E-state index contributed by atoms with van der Waals surface area (Å²) in [7, 11) is 0. The first-order chi connectivity index (χ1) is 12.1. The third-order valence-corrected chi connectivity index (χ3v) is 4.12. The zero-order chi connectivity index (χ0) is 17.6. The van der Waals surface area contributed by atoms with Gasteiger partial charge in [-0.25, -0.2) is 9.18 Å². The van der Waals surface area contributed by atoms with E-state index in [1.165, 1.54) is 17.0 Å². The second-order valence-electron chi connectivity index (χ2n) is 5.97. The molecule has 1 aliphatic rings. The maximum absolute atomic E-state index is 13.6. The van der Waals surface area contributed by atoms with Gasteiger partial charge in [0.05, 0.1) is 6.04 Å². The Morgan fingerprint density at radius 3 is 2.64 bits per heavy atom. The van der Waals surface area contributed by atoms with Crippen molar-refractivity contribution in [2.45, 2.75) is 12.5 Å². The minimum Gasteiger partial charge on any atom is -0.344 e. The fraction of sp³-hybridized carbons (Fsp3) is 0.263. The Morgan fingerprint density at radius 2 is 1.92 bits per heavy atom. The number of nitrogens with one attached hydrogen (secondary N) is 2. The summed E-state index contributed by atoms with van der Waals surface area (Å²) in [5.74, 6) is -0.641. The largest absolute Gasteiger partial charge is 0.344 e. The highest BCUT2D eigenvalue weighted by atomic mass is 19.1. The Labute approximate surface area is 145 Å². The molecule has 1 aliphatic heterocycles. The summed E-state index contributed by atoms with van der Waals surface area (Å²) < 4.78 is 13.6. The summed E-state index contributed by atoms with van der Waals surface area (Å²) in [5.41, 5.74) is 1.51. The SMILES string of the molecule is O=C(CN1CCCNC1=O)N[C@@H](c1ccccc1)c1cccc(F)c1. The summed E-state index contributed by atoms with van der Waals surface area (Å²) in [6.07, 6.45) is 0.811. The van der Waals surface area contributed by atoms with Gasteiger partial charge in [-0.2, -0.15) is 0 Å². The lowest BCUT2D eigenvalue weighted by molar-refractivity contribution is -0.122. The zero-order valence-electron chi connectivity index (χ0n) is 13.7. The van der Waals surface area contributed by atoms with Crippen LogP contribution in [0.5, 0.6) is 0 Å². The van der Waals surface area contributed by atoms with E-state index in [0.29, 0.717) is 18.7 Å². The molecule has 1 fully saturated rings. The van der Waals surface area contributed by atoms with Crippen LogP contribution in [0.1, 0.15) is 23.6 Å². The third kappa shape index (κ3) is 4.35. The molecular weight excluding hydrogens is 321 g/mol. The Bertz CT molecular complexity index is 751. The van der Waals surface area contributed by atoms with Crippen molar-refractivity contribution in [3.05, 3.63) is 71.5 Å². The third-order valence-electron chi connectivity index (χ3n) is 4.12. The number of hydrogen-bond acceptors (Lipinski definition) is 2. The average Bonchev–Trinajstić information content (AvgIpc) is 2.62. The van der Waals surface area contributed by atoms with Crippen molar-refractivity contribution >= 4 is 11.9 Å². The van der Waals surface area contributed by atoms with Crippen molar-refractivity contribution in [3.63, 3.8) is 0 Å². The highest BCUT2D eigenvalue weighted by Crippen LogP contribution is 2.22. The first-order valence-corrected chi connectivity index (χ1v) is 8.26. The summed E-state index contributed by atoms with van der Waals surface area (Å²) in [5, 5.41) is 5.64. The maximum atomic E-state index is 13.6. The maximum Gasteiger partial charge on any atom is 0.317 e. The Balaban J connectivity index is 1.78. The molecule has 0 unspecified atom stereocenters. The Morgan fingerprint density at radius 1 is 1.16 bits per heavy atom. The van der Waals surface area contributed by atoms with Crippen LogP contribution in [0.25, 0.3) is 0 Å².